The Labute approximate surface area is 115 Å². The topological polar surface area (TPSA) is 54.3 Å². The van der Waals surface area contributed by atoms with Crippen molar-refractivity contribution >= 4 is 10.0 Å². The maximum absolute atomic E-state index is 12.5. The number of aryl methyl sites for hydroxylation is 1. The van der Waals surface area contributed by atoms with E-state index in [4.69, 9.17) is 0 Å². The summed E-state index contributed by atoms with van der Waals surface area (Å²) in [6.07, 6.45) is 4.79. The highest BCUT2D eigenvalue weighted by Gasteiger charge is 2.27. The highest BCUT2D eigenvalue weighted by molar-refractivity contribution is 7.89. The standard InChI is InChI=1S/C13H23N3O2S/c1-3-14-10-12-9-13(11-15(12)2)19(17,18)16-7-5-4-6-8-16/h9,11,14H,3-8,10H2,1-2H3. The molecule has 108 valence electrons. The Kier molecular flexibility index (Phi) is 4.65. The fourth-order valence-electron chi connectivity index (χ4n) is 2.40. The van der Waals surface area contributed by atoms with E-state index in [0.29, 0.717) is 24.5 Å². The summed E-state index contributed by atoms with van der Waals surface area (Å²) in [5, 5.41) is 3.22. The number of aromatic nitrogens is 1. The predicted octanol–water partition coefficient (Wildman–Crippen LogP) is 1.31. The lowest BCUT2D eigenvalue weighted by Crippen LogP contribution is -2.35. The van der Waals surface area contributed by atoms with Crippen molar-refractivity contribution in [2.24, 2.45) is 7.05 Å². The maximum Gasteiger partial charge on any atom is 0.244 e. The number of hydrogen-bond acceptors (Lipinski definition) is 3. The van der Waals surface area contributed by atoms with E-state index < -0.39 is 10.0 Å². The molecule has 1 aromatic rings. The normalized spacial score (nSPS) is 17.8. The van der Waals surface area contributed by atoms with Crippen LogP contribution >= 0.6 is 0 Å². The molecule has 1 aliphatic rings. The van der Waals surface area contributed by atoms with Crippen LogP contribution in [0, 0.1) is 0 Å². The average molecular weight is 285 g/mol. The summed E-state index contributed by atoms with van der Waals surface area (Å²) in [6.45, 7) is 4.91. The van der Waals surface area contributed by atoms with Crippen LogP contribution in [0.25, 0.3) is 0 Å². The van der Waals surface area contributed by atoms with Gasteiger partial charge in [-0.25, -0.2) is 8.42 Å². The van der Waals surface area contributed by atoms with Gasteiger partial charge < -0.3 is 9.88 Å². The second kappa shape index (κ2) is 6.07. The lowest BCUT2D eigenvalue weighted by Gasteiger charge is -2.25. The molecule has 0 radical (unpaired) electrons. The zero-order chi connectivity index (χ0) is 13.9. The van der Waals surface area contributed by atoms with E-state index in [9.17, 15) is 8.42 Å². The Morgan fingerprint density at radius 2 is 1.95 bits per heavy atom. The zero-order valence-corrected chi connectivity index (χ0v) is 12.5. The maximum atomic E-state index is 12.5. The lowest BCUT2D eigenvalue weighted by molar-refractivity contribution is 0.346. The third kappa shape index (κ3) is 3.19. The molecule has 2 heterocycles. The van der Waals surface area contributed by atoms with Crippen LogP contribution in [0.3, 0.4) is 0 Å². The van der Waals surface area contributed by atoms with E-state index in [1.165, 1.54) is 0 Å². The number of nitrogens with zero attached hydrogens (tertiary/aromatic N) is 2. The fraction of sp³-hybridized carbons (Fsp3) is 0.692. The van der Waals surface area contributed by atoms with Crippen LogP contribution in [-0.2, 0) is 23.6 Å². The summed E-state index contributed by atoms with van der Waals surface area (Å²) in [7, 11) is -1.41. The van der Waals surface area contributed by atoms with Crippen molar-refractivity contribution in [3.05, 3.63) is 18.0 Å². The van der Waals surface area contributed by atoms with E-state index in [1.54, 1.807) is 16.6 Å². The Morgan fingerprint density at radius 3 is 2.58 bits per heavy atom. The van der Waals surface area contributed by atoms with Crippen molar-refractivity contribution in [1.82, 2.24) is 14.2 Å². The smallest absolute Gasteiger partial charge is 0.244 e. The van der Waals surface area contributed by atoms with Gasteiger partial charge in [0.15, 0.2) is 0 Å². The molecule has 1 fully saturated rings. The van der Waals surface area contributed by atoms with Crippen molar-refractivity contribution in [1.29, 1.82) is 0 Å². The number of piperidine rings is 1. The van der Waals surface area contributed by atoms with Crippen molar-refractivity contribution in [3.8, 4) is 0 Å². The molecule has 6 heteroatoms. The molecule has 0 atom stereocenters. The fourth-order valence-corrected chi connectivity index (χ4v) is 4.01. The quantitative estimate of drug-likeness (QED) is 0.887. The van der Waals surface area contributed by atoms with Gasteiger partial charge in [0.2, 0.25) is 10.0 Å². The van der Waals surface area contributed by atoms with Gasteiger partial charge in [-0.05, 0) is 25.5 Å². The van der Waals surface area contributed by atoms with Gasteiger partial charge in [-0.15, -0.1) is 0 Å². The minimum Gasteiger partial charge on any atom is -0.352 e. The van der Waals surface area contributed by atoms with Crippen LogP contribution in [0.5, 0.6) is 0 Å². The number of hydrogen-bond donors (Lipinski definition) is 1. The van der Waals surface area contributed by atoms with Crippen molar-refractivity contribution in [2.75, 3.05) is 19.6 Å². The van der Waals surface area contributed by atoms with Crippen LogP contribution in [0.1, 0.15) is 31.9 Å². The SMILES string of the molecule is CCNCc1cc(S(=O)(=O)N2CCCCC2)cn1C. The molecule has 1 N–H and O–H groups in total. The zero-order valence-electron chi connectivity index (χ0n) is 11.7. The van der Waals surface area contributed by atoms with E-state index in [-0.39, 0.29) is 0 Å². The van der Waals surface area contributed by atoms with Crippen molar-refractivity contribution < 1.29 is 8.42 Å². The first kappa shape index (κ1) is 14.6. The Bertz CT molecular complexity index is 516. The summed E-state index contributed by atoms with van der Waals surface area (Å²) >= 11 is 0. The Morgan fingerprint density at radius 1 is 1.26 bits per heavy atom. The second-order valence-corrected chi connectivity index (χ2v) is 6.96. The largest absolute Gasteiger partial charge is 0.352 e. The van der Waals surface area contributed by atoms with Gasteiger partial charge in [0.1, 0.15) is 4.90 Å². The van der Waals surface area contributed by atoms with Gasteiger partial charge in [-0.2, -0.15) is 4.31 Å². The molecule has 0 amide bonds. The van der Waals surface area contributed by atoms with Crippen LogP contribution in [0.15, 0.2) is 17.2 Å². The Hall–Kier alpha value is -0.850. The van der Waals surface area contributed by atoms with Crippen LogP contribution in [0.4, 0.5) is 0 Å². The van der Waals surface area contributed by atoms with E-state index in [0.717, 1.165) is 31.5 Å². The van der Waals surface area contributed by atoms with Crippen molar-refractivity contribution in [2.45, 2.75) is 37.6 Å². The molecular weight excluding hydrogens is 262 g/mol. The molecule has 1 aromatic heterocycles. The molecule has 0 saturated carbocycles. The number of sulfonamides is 1. The highest BCUT2D eigenvalue weighted by atomic mass is 32.2. The van der Waals surface area contributed by atoms with Crippen LogP contribution < -0.4 is 5.32 Å². The summed E-state index contributed by atoms with van der Waals surface area (Å²) in [5.41, 5.74) is 0.998. The minimum atomic E-state index is -3.30. The van der Waals surface area contributed by atoms with Gasteiger partial charge in [0.05, 0.1) is 0 Å². The molecule has 19 heavy (non-hydrogen) atoms. The summed E-state index contributed by atoms with van der Waals surface area (Å²) in [4.78, 5) is 0.421. The third-order valence-electron chi connectivity index (χ3n) is 3.59. The first-order chi connectivity index (χ1) is 9.05. The summed E-state index contributed by atoms with van der Waals surface area (Å²) in [5.74, 6) is 0. The minimum absolute atomic E-state index is 0.421. The third-order valence-corrected chi connectivity index (χ3v) is 5.46. The summed E-state index contributed by atoms with van der Waals surface area (Å²) in [6, 6.07) is 1.78. The number of nitrogens with one attached hydrogen (secondary N) is 1. The van der Waals surface area contributed by atoms with Gasteiger partial charge in [-0.3, -0.25) is 0 Å². The first-order valence-electron chi connectivity index (χ1n) is 6.92. The van der Waals surface area contributed by atoms with E-state index in [1.807, 2.05) is 18.5 Å². The predicted molar refractivity (Wildman–Crippen MR) is 75.4 cm³/mol. The molecular formula is C13H23N3O2S. The Balaban J connectivity index is 2.20. The molecule has 0 unspecified atom stereocenters. The highest BCUT2D eigenvalue weighted by Crippen LogP contribution is 2.22. The molecule has 1 saturated heterocycles. The summed E-state index contributed by atoms with van der Waals surface area (Å²) < 4.78 is 28.5. The molecule has 1 aliphatic heterocycles. The van der Waals surface area contributed by atoms with Crippen LogP contribution in [-0.4, -0.2) is 36.9 Å². The average Bonchev–Trinajstić information content (AvgIpc) is 2.79. The second-order valence-electron chi connectivity index (χ2n) is 5.02. The molecule has 0 aromatic carbocycles. The molecule has 0 aliphatic carbocycles. The molecule has 0 bridgehead atoms. The number of rotatable bonds is 5. The molecule has 2 rings (SSSR count). The first-order valence-corrected chi connectivity index (χ1v) is 8.36. The van der Waals surface area contributed by atoms with Crippen LogP contribution in [0.2, 0.25) is 0 Å². The van der Waals surface area contributed by atoms with E-state index in [2.05, 4.69) is 5.32 Å². The van der Waals surface area contributed by atoms with Gasteiger partial charge in [-0.1, -0.05) is 13.3 Å². The van der Waals surface area contributed by atoms with Gasteiger partial charge >= 0.3 is 0 Å². The molecule has 0 spiro atoms. The lowest BCUT2D eigenvalue weighted by atomic mass is 10.2. The van der Waals surface area contributed by atoms with Crippen molar-refractivity contribution in [3.63, 3.8) is 0 Å². The monoisotopic (exact) mass is 285 g/mol. The van der Waals surface area contributed by atoms with Gasteiger partial charge in [0.25, 0.3) is 0 Å². The molecule has 5 nitrogen and oxygen atoms in total. The van der Waals surface area contributed by atoms with E-state index >= 15 is 0 Å². The van der Waals surface area contributed by atoms with Gasteiger partial charge in [0, 0.05) is 38.6 Å².